The van der Waals surface area contributed by atoms with E-state index in [9.17, 15) is 9.90 Å². The molecular weight excluding hydrogens is 450 g/mol. The smallest absolute Gasteiger partial charge is 0.341 e. The van der Waals surface area contributed by atoms with Crippen molar-refractivity contribution in [2.45, 2.75) is 25.0 Å². The molecule has 1 aromatic heterocycles. The first kappa shape index (κ1) is 24.4. The van der Waals surface area contributed by atoms with E-state index in [1.807, 2.05) is 54.7 Å². The van der Waals surface area contributed by atoms with Gasteiger partial charge in [-0.15, -0.1) is 0 Å². The molecule has 6 heteroatoms. The largest absolute Gasteiger partial charge is 0.479 e. The van der Waals surface area contributed by atoms with Gasteiger partial charge in [0.15, 0.2) is 5.60 Å². The van der Waals surface area contributed by atoms with Crippen molar-refractivity contribution >= 4 is 12.0 Å². The molecule has 0 radical (unpaired) electrons. The lowest BCUT2D eigenvalue weighted by Crippen LogP contribution is -2.42. The Labute approximate surface area is 212 Å². The Bertz CT molecular complexity index is 1210. The molecule has 5 rings (SSSR count). The van der Waals surface area contributed by atoms with Gasteiger partial charge in [-0.1, -0.05) is 72.8 Å². The zero-order chi connectivity index (χ0) is 24.8. The Morgan fingerprint density at radius 1 is 0.944 bits per heavy atom. The topological polar surface area (TPSA) is 65.9 Å². The number of carbonyl (C=O) groups is 1. The van der Waals surface area contributed by atoms with Gasteiger partial charge in [0, 0.05) is 49.9 Å². The fourth-order valence-electron chi connectivity index (χ4n) is 5.29. The van der Waals surface area contributed by atoms with Gasteiger partial charge in [0.25, 0.3) is 0 Å². The van der Waals surface area contributed by atoms with Gasteiger partial charge in [-0.3, -0.25) is 14.8 Å². The quantitative estimate of drug-likeness (QED) is 0.502. The predicted molar refractivity (Wildman–Crippen MR) is 141 cm³/mol. The lowest BCUT2D eigenvalue weighted by Gasteiger charge is -2.33. The van der Waals surface area contributed by atoms with Crippen LogP contribution in [0.3, 0.4) is 0 Å². The van der Waals surface area contributed by atoms with E-state index in [1.165, 1.54) is 5.56 Å². The van der Waals surface area contributed by atoms with E-state index in [2.05, 4.69) is 45.1 Å². The Morgan fingerprint density at radius 2 is 1.72 bits per heavy atom. The van der Waals surface area contributed by atoms with Crippen LogP contribution in [0, 0.1) is 0 Å². The Balaban J connectivity index is 1.18. The van der Waals surface area contributed by atoms with Crippen molar-refractivity contribution in [3.05, 3.63) is 95.7 Å². The molecule has 0 saturated carbocycles. The average molecular weight is 484 g/mol. The summed E-state index contributed by atoms with van der Waals surface area (Å²) in [5, 5.41) is 10.1. The van der Waals surface area contributed by atoms with Crippen LogP contribution >= 0.6 is 0 Å². The highest BCUT2D eigenvalue weighted by atomic mass is 16.5. The molecule has 1 aliphatic heterocycles. The number of carboxylic acid groups (broad SMARTS) is 1. The van der Waals surface area contributed by atoms with Gasteiger partial charge >= 0.3 is 5.97 Å². The SMILES string of the molecule is O=C(O)C1(OCCN2CCCN(Cc3cccnc3-c3ccccc3)CC2)CC=Cc2ccccc21. The third kappa shape index (κ3) is 5.26. The molecule has 2 aromatic carbocycles. The number of hydrogen-bond acceptors (Lipinski definition) is 5. The van der Waals surface area contributed by atoms with E-state index in [0.29, 0.717) is 13.0 Å². The number of aliphatic carboxylic acids is 1. The zero-order valence-electron chi connectivity index (χ0n) is 20.6. The molecule has 0 amide bonds. The number of aromatic nitrogens is 1. The summed E-state index contributed by atoms with van der Waals surface area (Å²) in [6.07, 6.45) is 7.16. The maximum Gasteiger partial charge on any atom is 0.341 e. The number of rotatable bonds is 8. The average Bonchev–Trinajstić information content (AvgIpc) is 3.14. The molecular formula is C30H33N3O3. The minimum atomic E-state index is -1.31. The Morgan fingerprint density at radius 3 is 2.58 bits per heavy atom. The van der Waals surface area contributed by atoms with Crippen molar-refractivity contribution in [1.29, 1.82) is 0 Å². The highest BCUT2D eigenvalue weighted by molar-refractivity contribution is 5.83. The fraction of sp³-hybridized carbons (Fsp3) is 0.333. The van der Waals surface area contributed by atoms with Crippen LogP contribution in [0.15, 0.2) is 79.0 Å². The minimum absolute atomic E-state index is 0.349. The summed E-state index contributed by atoms with van der Waals surface area (Å²) in [6.45, 7) is 5.87. The third-order valence-corrected chi connectivity index (χ3v) is 7.21. The number of hydrogen-bond donors (Lipinski definition) is 1. The van der Waals surface area contributed by atoms with Crippen LogP contribution in [0.25, 0.3) is 17.3 Å². The van der Waals surface area contributed by atoms with Gasteiger partial charge in [0.2, 0.25) is 0 Å². The van der Waals surface area contributed by atoms with E-state index < -0.39 is 11.6 Å². The summed E-state index contributed by atoms with van der Waals surface area (Å²) in [6, 6.07) is 22.2. The first-order valence-electron chi connectivity index (χ1n) is 12.7. The molecule has 0 bridgehead atoms. The lowest BCUT2D eigenvalue weighted by molar-refractivity contribution is -0.168. The molecule has 1 fully saturated rings. The zero-order valence-corrected chi connectivity index (χ0v) is 20.6. The molecule has 1 aliphatic carbocycles. The van der Waals surface area contributed by atoms with Gasteiger partial charge in [-0.25, -0.2) is 4.79 Å². The van der Waals surface area contributed by atoms with Crippen molar-refractivity contribution in [1.82, 2.24) is 14.8 Å². The first-order valence-corrected chi connectivity index (χ1v) is 12.7. The monoisotopic (exact) mass is 483 g/mol. The normalized spacial score (nSPS) is 20.6. The highest BCUT2D eigenvalue weighted by Crippen LogP contribution is 2.37. The minimum Gasteiger partial charge on any atom is -0.479 e. The number of benzene rings is 2. The number of fused-ring (bicyclic) bond motifs is 1. The molecule has 2 aliphatic rings. The molecule has 6 nitrogen and oxygen atoms in total. The van der Waals surface area contributed by atoms with Gasteiger partial charge in [-0.05, 0) is 36.7 Å². The molecule has 1 unspecified atom stereocenters. The highest BCUT2D eigenvalue weighted by Gasteiger charge is 2.43. The Hall–Kier alpha value is -3.32. The molecule has 1 atom stereocenters. The van der Waals surface area contributed by atoms with Crippen LogP contribution in [0.4, 0.5) is 0 Å². The second-order valence-corrected chi connectivity index (χ2v) is 9.52. The first-order chi connectivity index (χ1) is 17.7. The van der Waals surface area contributed by atoms with Crippen LogP contribution in [0.5, 0.6) is 0 Å². The third-order valence-electron chi connectivity index (χ3n) is 7.21. The molecule has 0 spiro atoms. The van der Waals surface area contributed by atoms with Crippen LogP contribution in [-0.2, 0) is 21.7 Å². The second kappa shape index (κ2) is 11.2. The molecule has 3 aromatic rings. The number of pyridine rings is 1. The predicted octanol–water partition coefficient (Wildman–Crippen LogP) is 4.67. The van der Waals surface area contributed by atoms with Crippen molar-refractivity contribution in [2.24, 2.45) is 0 Å². The van der Waals surface area contributed by atoms with E-state index in [0.717, 1.165) is 68.1 Å². The van der Waals surface area contributed by atoms with E-state index >= 15 is 0 Å². The molecule has 2 heterocycles. The lowest BCUT2D eigenvalue weighted by atomic mass is 9.83. The fourth-order valence-corrected chi connectivity index (χ4v) is 5.29. The van der Waals surface area contributed by atoms with Crippen molar-refractivity contribution in [2.75, 3.05) is 39.3 Å². The van der Waals surface area contributed by atoms with Gasteiger partial charge in [-0.2, -0.15) is 0 Å². The summed E-state index contributed by atoms with van der Waals surface area (Å²) in [5.41, 5.74) is 3.79. The summed E-state index contributed by atoms with van der Waals surface area (Å²) in [7, 11) is 0. The number of nitrogens with zero attached hydrogens (tertiary/aromatic N) is 3. The maximum atomic E-state index is 12.3. The molecule has 1 saturated heterocycles. The van der Waals surface area contributed by atoms with E-state index in [-0.39, 0.29) is 0 Å². The summed E-state index contributed by atoms with van der Waals surface area (Å²) in [5.74, 6) is -0.924. The molecule has 186 valence electrons. The van der Waals surface area contributed by atoms with Crippen LogP contribution in [0.2, 0.25) is 0 Å². The standard InChI is InChI=1S/C30H33N3O3/c34-29(35)30(15-6-12-24-9-4-5-14-27(24)30)36-22-21-32-17-8-18-33(20-19-32)23-26-13-7-16-31-28(26)25-10-2-1-3-11-25/h1-7,9-14,16H,8,15,17-23H2,(H,34,35). The Kier molecular flexibility index (Phi) is 7.56. The second-order valence-electron chi connectivity index (χ2n) is 9.52. The van der Waals surface area contributed by atoms with Crippen LogP contribution in [0.1, 0.15) is 29.5 Å². The number of ether oxygens (including phenoxy) is 1. The van der Waals surface area contributed by atoms with Crippen molar-refractivity contribution in [3.63, 3.8) is 0 Å². The summed E-state index contributed by atoms with van der Waals surface area (Å²) in [4.78, 5) is 21.9. The van der Waals surface area contributed by atoms with Gasteiger partial charge < -0.3 is 9.84 Å². The van der Waals surface area contributed by atoms with Crippen molar-refractivity contribution < 1.29 is 14.6 Å². The van der Waals surface area contributed by atoms with Crippen LogP contribution < -0.4 is 0 Å². The molecule has 1 N–H and O–H groups in total. The number of carboxylic acids is 1. The molecule has 36 heavy (non-hydrogen) atoms. The van der Waals surface area contributed by atoms with Gasteiger partial charge in [0.05, 0.1) is 12.3 Å². The summed E-state index contributed by atoms with van der Waals surface area (Å²) < 4.78 is 6.17. The van der Waals surface area contributed by atoms with Crippen LogP contribution in [-0.4, -0.2) is 65.2 Å². The van der Waals surface area contributed by atoms with Gasteiger partial charge in [0.1, 0.15) is 0 Å². The van der Waals surface area contributed by atoms with E-state index in [1.54, 1.807) is 0 Å². The maximum absolute atomic E-state index is 12.3. The van der Waals surface area contributed by atoms with E-state index in [4.69, 9.17) is 4.74 Å². The summed E-state index contributed by atoms with van der Waals surface area (Å²) >= 11 is 0. The van der Waals surface area contributed by atoms with Crippen molar-refractivity contribution in [3.8, 4) is 11.3 Å².